The molecule has 0 bridgehead atoms. The Morgan fingerprint density at radius 2 is 2.22 bits per heavy atom. The highest BCUT2D eigenvalue weighted by Crippen LogP contribution is 2.30. The molecule has 8 heteroatoms. The van der Waals surface area contributed by atoms with Crippen LogP contribution in [-0.4, -0.2) is 22.9 Å². The quantitative estimate of drug-likeness (QED) is 0.408. The molecule has 136 valence electrons. The van der Waals surface area contributed by atoms with Crippen LogP contribution in [-0.2, 0) is 6.54 Å². The molecule has 0 aliphatic carbocycles. The molecule has 8 nitrogen and oxygen atoms in total. The highest BCUT2D eigenvalue weighted by Gasteiger charge is 2.20. The van der Waals surface area contributed by atoms with Gasteiger partial charge < -0.3 is 16.5 Å². The summed E-state index contributed by atoms with van der Waals surface area (Å²) < 4.78 is 0. The average Bonchev–Trinajstić information content (AvgIpc) is 3.08. The van der Waals surface area contributed by atoms with Gasteiger partial charge in [-0.1, -0.05) is 12.1 Å². The first-order valence-electron chi connectivity index (χ1n) is 8.55. The molecule has 3 aromatic rings. The van der Waals surface area contributed by atoms with Crippen molar-refractivity contribution in [3.63, 3.8) is 0 Å². The summed E-state index contributed by atoms with van der Waals surface area (Å²) in [5.41, 5.74) is 15.1. The standard InChI is InChI=1S/C19H20N8/c1-21-10-8-17(20)23-18-7-6-16-19(24-18)27(26-25-16)12-13-4-5-15-14(11-13)3-2-9-22-15/h2-11,21,25-26H,12H2,1H3,(H2,20,23,24)/b10-8-. The largest absolute Gasteiger partial charge is 0.394 e. The van der Waals surface area contributed by atoms with Gasteiger partial charge in [0.05, 0.1) is 17.7 Å². The lowest BCUT2D eigenvalue weighted by Crippen LogP contribution is -2.35. The van der Waals surface area contributed by atoms with Crippen molar-refractivity contribution in [2.45, 2.75) is 6.54 Å². The fourth-order valence-corrected chi connectivity index (χ4v) is 2.84. The van der Waals surface area contributed by atoms with Crippen molar-refractivity contribution in [2.24, 2.45) is 10.7 Å². The highest BCUT2D eigenvalue weighted by molar-refractivity contribution is 5.93. The van der Waals surface area contributed by atoms with Crippen LogP contribution in [0.1, 0.15) is 5.56 Å². The average molecular weight is 360 g/mol. The molecular formula is C19H20N8. The number of hydrogen-bond acceptors (Lipinski definition) is 7. The van der Waals surface area contributed by atoms with E-state index in [9.17, 15) is 0 Å². The molecule has 0 atom stereocenters. The van der Waals surface area contributed by atoms with Crippen LogP contribution < -0.4 is 27.0 Å². The maximum Gasteiger partial charge on any atom is 0.171 e. The molecule has 0 radical (unpaired) electrons. The summed E-state index contributed by atoms with van der Waals surface area (Å²) in [6.07, 6.45) is 5.20. The molecule has 0 saturated carbocycles. The Balaban J connectivity index is 1.58. The predicted molar refractivity (Wildman–Crippen MR) is 108 cm³/mol. The fraction of sp³-hybridized carbons (Fsp3) is 0.105. The summed E-state index contributed by atoms with van der Waals surface area (Å²) >= 11 is 0. The van der Waals surface area contributed by atoms with E-state index in [2.05, 4.69) is 49.4 Å². The molecule has 0 spiro atoms. The van der Waals surface area contributed by atoms with Gasteiger partial charge in [-0.25, -0.2) is 9.98 Å². The van der Waals surface area contributed by atoms with E-state index >= 15 is 0 Å². The van der Waals surface area contributed by atoms with Crippen LogP contribution in [0.4, 0.5) is 17.3 Å². The minimum Gasteiger partial charge on any atom is -0.394 e. The molecule has 0 fully saturated rings. The number of benzene rings is 1. The van der Waals surface area contributed by atoms with Crippen molar-refractivity contribution < 1.29 is 0 Å². The van der Waals surface area contributed by atoms with Gasteiger partial charge in [-0.05, 0) is 48.2 Å². The lowest BCUT2D eigenvalue weighted by atomic mass is 10.1. The van der Waals surface area contributed by atoms with E-state index < -0.39 is 0 Å². The Hall–Kier alpha value is -3.65. The molecular weight excluding hydrogens is 340 g/mol. The van der Waals surface area contributed by atoms with Crippen LogP contribution in [0.25, 0.3) is 10.9 Å². The maximum absolute atomic E-state index is 5.88. The van der Waals surface area contributed by atoms with Crippen molar-refractivity contribution in [2.75, 3.05) is 17.5 Å². The Morgan fingerprint density at radius 1 is 1.30 bits per heavy atom. The van der Waals surface area contributed by atoms with E-state index in [1.54, 1.807) is 25.5 Å². The van der Waals surface area contributed by atoms with Gasteiger partial charge in [-0.15, -0.1) is 5.53 Å². The minimum absolute atomic E-state index is 0.379. The van der Waals surface area contributed by atoms with E-state index in [4.69, 9.17) is 5.73 Å². The third-order valence-corrected chi connectivity index (χ3v) is 4.11. The van der Waals surface area contributed by atoms with E-state index in [1.807, 2.05) is 29.3 Å². The first-order valence-corrected chi connectivity index (χ1v) is 8.55. The fourth-order valence-electron chi connectivity index (χ4n) is 2.84. The molecule has 27 heavy (non-hydrogen) atoms. The van der Waals surface area contributed by atoms with Crippen molar-refractivity contribution in [1.82, 2.24) is 20.8 Å². The molecule has 0 amide bonds. The molecule has 2 aromatic heterocycles. The van der Waals surface area contributed by atoms with Crippen LogP contribution in [0.3, 0.4) is 0 Å². The molecule has 0 unspecified atom stereocenters. The number of nitrogens with zero attached hydrogens (tertiary/aromatic N) is 4. The number of hydrogen-bond donors (Lipinski definition) is 4. The van der Waals surface area contributed by atoms with Crippen molar-refractivity contribution in [1.29, 1.82) is 0 Å². The summed E-state index contributed by atoms with van der Waals surface area (Å²) in [6, 6.07) is 14.0. The van der Waals surface area contributed by atoms with Crippen LogP contribution in [0, 0.1) is 0 Å². The Kier molecular flexibility index (Phi) is 4.54. The number of pyridine rings is 2. The number of hydrazine groups is 2. The molecule has 1 aliphatic rings. The molecule has 0 saturated heterocycles. The van der Waals surface area contributed by atoms with E-state index in [-0.39, 0.29) is 0 Å². The van der Waals surface area contributed by atoms with Gasteiger partial charge in [0.2, 0.25) is 0 Å². The first kappa shape index (κ1) is 16.8. The monoisotopic (exact) mass is 360 g/mol. The number of nitrogens with two attached hydrogens (primary N) is 1. The van der Waals surface area contributed by atoms with Crippen molar-refractivity contribution in [3.05, 3.63) is 66.5 Å². The number of aromatic nitrogens is 2. The number of fused-ring (bicyclic) bond motifs is 2. The normalized spacial score (nSPS) is 13.8. The summed E-state index contributed by atoms with van der Waals surface area (Å²) in [5, 5.41) is 5.92. The number of nitrogens with one attached hydrogen (secondary N) is 3. The van der Waals surface area contributed by atoms with Crippen molar-refractivity contribution in [3.8, 4) is 0 Å². The summed E-state index contributed by atoms with van der Waals surface area (Å²) in [5.74, 6) is 1.70. The SMILES string of the molecule is CN/C=C\C(N)=Nc1ccc2c(n1)N(Cc1ccc3ncccc3c1)NN2. The van der Waals surface area contributed by atoms with Crippen LogP contribution >= 0.6 is 0 Å². The van der Waals surface area contributed by atoms with Gasteiger partial charge in [0, 0.05) is 18.6 Å². The minimum atomic E-state index is 0.379. The van der Waals surface area contributed by atoms with Gasteiger partial charge in [0.1, 0.15) is 5.84 Å². The van der Waals surface area contributed by atoms with Crippen LogP contribution in [0.15, 0.2) is 65.9 Å². The number of rotatable bonds is 5. The predicted octanol–water partition coefficient (Wildman–Crippen LogP) is 2.20. The zero-order valence-electron chi connectivity index (χ0n) is 14.8. The van der Waals surface area contributed by atoms with E-state index in [0.717, 1.165) is 28.0 Å². The van der Waals surface area contributed by atoms with Crippen LogP contribution in [0.5, 0.6) is 0 Å². The Bertz CT molecular complexity index is 1030. The second kappa shape index (κ2) is 7.30. The molecule has 3 heterocycles. The molecule has 5 N–H and O–H groups in total. The second-order valence-corrected chi connectivity index (χ2v) is 6.05. The van der Waals surface area contributed by atoms with Crippen LogP contribution in [0.2, 0.25) is 0 Å². The van der Waals surface area contributed by atoms with Gasteiger partial charge >= 0.3 is 0 Å². The summed E-state index contributed by atoms with van der Waals surface area (Å²) in [6.45, 7) is 0.639. The lowest BCUT2D eigenvalue weighted by molar-refractivity contribution is 0.717. The highest BCUT2D eigenvalue weighted by atomic mass is 15.7. The Morgan fingerprint density at radius 3 is 3.11 bits per heavy atom. The zero-order valence-corrected chi connectivity index (χ0v) is 14.8. The molecule has 1 aromatic carbocycles. The second-order valence-electron chi connectivity index (χ2n) is 6.05. The molecule has 1 aliphatic heterocycles. The smallest absolute Gasteiger partial charge is 0.171 e. The van der Waals surface area contributed by atoms with Gasteiger partial charge in [0.25, 0.3) is 0 Å². The third kappa shape index (κ3) is 3.65. The zero-order chi connectivity index (χ0) is 18.6. The van der Waals surface area contributed by atoms with Crippen molar-refractivity contribution >= 4 is 34.1 Å². The van der Waals surface area contributed by atoms with Gasteiger partial charge in [-0.3, -0.25) is 9.99 Å². The third-order valence-electron chi connectivity index (χ3n) is 4.11. The topological polar surface area (TPSA) is 103 Å². The maximum atomic E-state index is 5.88. The van der Waals surface area contributed by atoms with E-state index in [0.29, 0.717) is 18.2 Å². The summed E-state index contributed by atoms with van der Waals surface area (Å²) in [4.78, 5) is 13.3. The summed E-state index contributed by atoms with van der Waals surface area (Å²) in [7, 11) is 1.80. The van der Waals surface area contributed by atoms with Gasteiger partial charge in [0.15, 0.2) is 11.6 Å². The van der Waals surface area contributed by atoms with E-state index in [1.165, 1.54) is 0 Å². The Labute approximate surface area is 156 Å². The number of anilines is 2. The number of amidine groups is 1. The van der Waals surface area contributed by atoms with Gasteiger partial charge in [-0.2, -0.15) is 0 Å². The number of aliphatic imine (C=N–C) groups is 1. The first-order chi connectivity index (χ1) is 13.2. The molecule has 4 rings (SSSR count). The lowest BCUT2D eigenvalue weighted by Gasteiger charge is -2.17.